The number of hydrogen-bond acceptors (Lipinski definition) is 4. The van der Waals surface area contributed by atoms with Crippen LogP contribution in [0.25, 0.3) is 0 Å². The van der Waals surface area contributed by atoms with Crippen LogP contribution in [0.15, 0.2) is 24.3 Å². The van der Waals surface area contributed by atoms with Gasteiger partial charge in [0.2, 0.25) is 0 Å². The summed E-state index contributed by atoms with van der Waals surface area (Å²) in [6.45, 7) is 2.67. The summed E-state index contributed by atoms with van der Waals surface area (Å²) in [5, 5.41) is 18.5. The monoisotopic (exact) mass is 237 g/mol. The number of carbonyl (C=O) groups is 1. The first-order chi connectivity index (χ1) is 8.20. The largest absolute Gasteiger partial charge is 0.479 e. The molecule has 17 heavy (non-hydrogen) atoms. The quantitative estimate of drug-likeness (QED) is 0.807. The molecule has 2 rings (SSSR count). The summed E-state index contributed by atoms with van der Waals surface area (Å²) >= 11 is 0. The van der Waals surface area contributed by atoms with Gasteiger partial charge in [-0.25, -0.2) is 4.79 Å². The Balaban J connectivity index is 2.29. The maximum absolute atomic E-state index is 10.8. The maximum Gasteiger partial charge on any atom is 0.337 e. The first-order valence-corrected chi connectivity index (χ1v) is 5.52. The third-order valence-corrected chi connectivity index (χ3v) is 2.82. The fourth-order valence-corrected chi connectivity index (χ4v) is 1.94. The van der Waals surface area contributed by atoms with Crippen LogP contribution in [0.3, 0.4) is 0 Å². The molecule has 1 fully saturated rings. The smallest absolute Gasteiger partial charge is 0.337 e. The predicted molar refractivity (Wildman–Crippen MR) is 62.1 cm³/mol. The second kappa shape index (κ2) is 5.16. The minimum absolute atomic E-state index is 0.432. The molecule has 1 saturated heterocycles. The van der Waals surface area contributed by atoms with Gasteiger partial charge in [0, 0.05) is 24.3 Å². The summed E-state index contributed by atoms with van der Waals surface area (Å²) in [5.41, 5.74) is 1.20. The highest BCUT2D eigenvalue weighted by Crippen LogP contribution is 2.27. The zero-order valence-electron chi connectivity index (χ0n) is 9.37. The van der Waals surface area contributed by atoms with E-state index in [1.165, 1.54) is 0 Å². The van der Waals surface area contributed by atoms with Gasteiger partial charge in [-0.3, -0.25) is 0 Å². The molecule has 0 saturated carbocycles. The number of anilines is 1. The van der Waals surface area contributed by atoms with Crippen molar-refractivity contribution in [3.63, 3.8) is 0 Å². The van der Waals surface area contributed by atoms with Crippen LogP contribution < -0.4 is 4.90 Å². The molecule has 0 amide bonds. The predicted octanol–water partition coefficient (Wildman–Crippen LogP) is 0.641. The molecule has 1 aliphatic heterocycles. The van der Waals surface area contributed by atoms with Crippen LogP contribution in [-0.4, -0.2) is 42.5 Å². The Morgan fingerprint density at radius 1 is 1.29 bits per heavy atom. The van der Waals surface area contributed by atoms with Crippen molar-refractivity contribution in [2.75, 3.05) is 31.2 Å². The highest BCUT2D eigenvalue weighted by molar-refractivity contribution is 5.77. The molecule has 1 aliphatic rings. The van der Waals surface area contributed by atoms with E-state index in [1.54, 1.807) is 12.1 Å². The molecule has 5 nitrogen and oxygen atoms in total. The van der Waals surface area contributed by atoms with Crippen LogP contribution >= 0.6 is 0 Å². The standard InChI is InChI=1S/C12H15NO4/c14-11(12(15)16)9-3-1-2-4-10(9)13-5-7-17-8-6-13/h1-4,11,14H,5-8H2,(H,15,16). The van der Waals surface area contributed by atoms with Gasteiger partial charge in [0.25, 0.3) is 0 Å². The Kier molecular flexibility index (Phi) is 3.61. The Hall–Kier alpha value is -1.59. The molecule has 2 N–H and O–H groups in total. The summed E-state index contributed by atoms with van der Waals surface area (Å²) in [4.78, 5) is 12.9. The lowest BCUT2D eigenvalue weighted by molar-refractivity contribution is -0.146. The number of para-hydroxylation sites is 1. The van der Waals surface area contributed by atoms with Crippen LogP contribution in [0.5, 0.6) is 0 Å². The molecule has 0 aromatic heterocycles. The van der Waals surface area contributed by atoms with Gasteiger partial charge in [-0.15, -0.1) is 0 Å². The second-order valence-corrected chi connectivity index (χ2v) is 3.90. The van der Waals surface area contributed by atoms with Crippen LogP contribution in [-0.2, 0) is 9.53 Å². The van der Waals surface area contributed by atoms with Gasteiger partial charge in [0.1, 0.15) is 0 Å². The zero-order chi connectivity index (χ0) is 12.3. The summed E-state index contributed by atoms with van der Waals surface area (Å²) in [6.07, 6.45) is -1.48. The van der Waals surface area contributed by atoms with E-state index in [0.717, 1.165) is 5.69 Å². The van der Waals surface area contributed by atoms with Crippen LogP contribution in [0.2, 0.25) is 0 Å². The topological polar surface area (TPSA) is 70.0 Å². The second-order valence-electron chi connectivity index (χ2n) is 3.90. The van der Waals surface area contributed by atoms with Gasteiger partial charge in [-0.2, -0.15) is 0 Å². The number of benzene rings is 1. The zero-order valence-corrected chi connectivity index (χ0v) is 9.37. The SMILES string of the molecule is O=C(O)C(O)c1ccccc1N1CCOCC1. The number of ether oxygens (including phenoxy) is 1. The first kappa shape index (κ1) is 11.9. The van der Waals surface area contributed by atoms with Gasteiger partial charge in [-0.05, 0) is 6.07 Å². The van der Waals surface area contributed by atoms with Crippen LogP contribution in [0.4, 0.5) is 5.69 Å². The van der Waals surface area contributed by atoms with Gasteiger partial charge in [-0.1, -0.05) is 18.2 Å². The average Bonchev–Trinajstić information content (AvgIpc) is 2.39. The molecule has 92 valence electrons. The van der Waals surface area contributed by atoms with Gasteiger partial charge in [0.05, 0.1) is 13.2 Å². The Morgan fingerprint density at radius 2 is 1.94 bits per heavy atom. The summed E-state index contributed by atoms with van der Waals surface area (Å²) in [6, 6.07) is 7.03. The molecule has 0 aliphatic carbocycles. The Labute approximate surface area is 99.2 Å². The fraction of sp³-hybridized carbons (Fsp3) is 0.417. The van der Waals surface area contributed by atoms with E-state index in [1.807, 2.05) is 17.0 Å². The Morgan fingerprint density at radius 3 is 2.59 bits per heavy atom. The Bertz CT molecular complexity index is 401. The van der Waals surface area contributed by atoms with E-state index in [0.29, 0.717) is 31.9 Å². The van der Waals surface area contributed by atoms with E-state index in [-0.39, 0.29) is 0 Å². The number of rotatable bonds is 3. The van der Waals surface area contributed by atoms with Crippen molar-refractivity contribution in [1.29, 1.82) is 0 Å². The molecule has 1 unspecified atom stereocenters. The lowest BCUT2D eigenvalue weighted by atomic mass is 10.1. The molecule has 0 bridgehead atoms. The molecule has 1 heterocycles. The molecular formula is C12H15NO4. The van der Waals surface area contributed by atoms with Crippen molar-refractivity contribution in [2.45, 2.75) is 6.10 Å². The summed E-state index contributed by atoms with van der Waals surface area (Å²) < 4.78 is 5.25. The number of nitrogens with zero attached hydrogens (tertiary/aromatic N) is 1. The number of aliphatic hydroxyl groups is 1. The van der Waals surface area contributed by atoms with Crippen molar-refractivity contribution in [1.82, 2.24) is 0 Å². The van der Waals surface area contributed by atoms with E-state index >= 15 is 0 Å². The molecule has 0 spiro atoms. The van der Waals surface area contributed by atoms with Gasteiger partial charge in [0.15, 0.2) is 6.10 Å². The van der Waals surface area contributed by atoms with E-state index < -0.39 is 12.1 Å². The minimum atomic E-state index is -1.48. The molecule has 1 atom stereocenters. The third-order valence-electron chi connectivity index (χ3n) is 2.82. The number of carboxylic acids is 1. The van der Waals surface area contributed by atoms with Crippen LogP contribution in [0, 0.1) is 0 Å². The van der Waals surface area contributed by atoms with Crippen LogP contribution in [0.1, 0.15) is 11.7 Å². The number of aliphatic carboxylic acids is 1. The number of hydrogen-bond donors (Lipinski definition) is 2. The third kappa shape index (κ3) is 2.57. The van der Waals surface area contributed by atoms with E-state index in [4.69, 9.17) is 9.84 Å². The van der Waals surface area contributed by atoms with Crippen molar-refractivity contribution in [3.8, 4) is 0 Å². The normalized spacial score (nSPS) is 17.8. The highest BCUT2D eigenvalue weighted by Gasteiger charge is 2.22. The molecule has 0 radical (unpaired) electrons. The molecular weight excluding hydrogens is 222 g/mol. The minimum Gasteiger partial charge on any atom is -0.479 e. The van der Waals surface area contributed by atoms with Gasteiger partial charge < -0.3 is 19.8 Å². The molecule has 5 heteroatoms. The summed E-state index contributed by atoms with van der Waals surface area (Å²) in [5.74, 6) is -1.23. The molecule has 1 aromatic carbocycles. The van der Waals surface area contributed by atoms with Gasteiger partial charge >= 0.3 is 5.97 Å². The average molecular weight is 237 g/mol. The molecule has 1 aromatic rings. The van der Waals surface area contributed by atoms with Crippen molar-refractivity contribution >= 4 is 11.7 Å². The van der Waals surface area contributed by atoms with Crippen molar-refractivity contribution in [2.24, 2.45) is 0 Å². The maximum atomic E-state index is 10.8. The fourth-order valence-electron chi connectivity index (χ4n) is 1.94. The van der Waals surface area contributed by atoms with Crippen molar-refractivity contribution < 1.29 is 19.7 Å². The van der Waals surface area contributed by atoms with E-state index in [9.17, 15) is 9.90 Å². The highest BCUT2D eigenvalue weighted by atomic mass is 16.5. The number of aliphatic hydroxyl groups excluding tert-OH is 1. The first-order valence-electron chi connectivity index (χ1n) is 5.52. The number of morpholine rings is 1. The summed E-state index contributed by atoms with van der Waals surface area (Å²) in [7, 11) is 0. The van der Waals surface area contributed by atoms with Crippen molar-refractivity contribution in [3.05, 3.63) is 29.8 Å². The lowest BCUT2D eigenvalue weighted by Crippen LogP contribution is -2.37. The lowest BCUT2D eigenvalue weighted by Gasteiger charge is -2.31. The van der Waals surface area contributed by atoms with E-state index in [2.05, 4.69) is 0 Å². The number of carboxylic acid groups (broad SMARTS) is 1.